The van der Waals surface area contributed by atoms with Crippen molar-refractivity contribution in [2.75, 3.05) is 31.0 Å². The summed E-state index contributed by atoms with van der Waals surface area (Å²) in [5.41, 5.74) is 3.63. The molecule has 0 radical (unpaired) electrons. The topological polar surface area (TPSA) is 70.1 Å². The Balaban J connectivity index is 1.91. The lowest BCUT2D eigenvalue weighted by Gasteiger charge is -2.26. The maximum Gasteiger partial charge on any atom is 0.300 e. The summed E-state index contributed by atoms with van der Waals surface area (Å²) < 4.78 is 5.31. The highest BCUT2D eigenvalue weighted by atomic mass is 16.5. The summed E-state index contributed by atoms with van der Waals surface area (Å²) in [7, 11) is 5.46. The van der Waals surface area contributed by atoms with Gasteiger partial charge in [-0.05, 0) is 60.5 Å². The summed E-state index contributed by atoms with van der Waals surface area (Å²) in [4.78, 5) is 29.8. The van der Waals surface area contributed by atoms with Crippen molar-refractivity contribution in [1.29, 1.82) is 0 Å². The van der Waals surface area contributed by atoms with E-state index < -0.39 is 17.7 Å². The van der Waals surface area contributed by atoms with Crippen molar-refractivity contribution in [1.82, 2.24) is 0 Å². The highest BCUT2D eigenvalue weighted by molar-refractivity contribution is 6.51. The zero-order valence-electron chi connectivity index (χ0n) is 19.1. The van der Waals surface area contributed by atoms with E-state index >= 15 is 0 Å². The van der Waals surface area contributed by atoms with Crippen molar-refractivity contribution in [2.24, 2.45) is 0 Å². The van der Waals surface area contributed by atoms with Crippen molar-refractivity contribution >= 4 is 28.8 Å². The van der Waals surface area contributed by atoms with Gasteiger partial charge in [-0.3, -0.25) is 14.5 Å². The number of ether oxygens (including phenoxy) is 1. The van der Waals surface area contributed by atoms with Gasteiger partial charge in [0.1, 0.15) is 11.5 Å². The van der Waals surface area contributed by atoms with Crippen LogP contribution < -0.4 is 14.5 Å². The fourth-order valence-electron chi connectivity index (χ4n) is 4.14. The number of aryl methyl sites for hydroxylation is 1. The van der Waals surface area contributed by atoms with E-state index in [9.17, 15) is 14.7 Å². The summed E-state index contributed by atoms with van der Waals surface area (Å²) in [6.07, 6.45) is 0. The molecule has 1 aliphatic heterocycles. The first-order chi connectivity index (χ1) is 15.8. The summed E-state index contributed by atoms with van der Waals surface area (Å²) in [5, 5.41) is 11.3. The van der Waals surface area contributed by atoms with Crippen molar-refractivity contribution in [3.05, 3.63) is 95.1 Å². The third-order valence-electron chi connectivity index (χ3n) is 5.87. The van der Waals surface area contributed by atoms with Crippen LogP contribution in [-0.4, -0.2) is 38.0 Å². The summed E-state index contributed by atoms with van der Waals surface area (Å²) >= 11 is 0. The highest BCUT2D eigenvalue weighted by Crippen LogP contribution is 2.42. The van der Waals surface area contributed by atoms with E-state index in [1.54, 1.807) is 37.4 Å². The van der Waals surface area contributed by atoms with Crippen LogP contribution in [0, 0.1) is 6.92 Å². The molecule has 0 spiro atoms. The molecule has 1 atom stereocenters. The van der Waals surface area contributed by atoms with Gasteiger partial charge in [-0.1, -0.05) is 30.3 Å². The Kier molecular flexibility index (Phi) is 5.92. The Morgan fingerprint density at radius 3 is 2.21 bits per heavy atom. The number of hydrogen-bond donors (Lipinski definition) is 1. The highest BCUT2D eigenvalue weighted by Gasteiger charge is 2.46. The maximum atomic E-state index is 13.2. The number of ketones is 1. The van der Waals surface area contributed by atoms with Crippen LogP contribution in [0.25, 0.3) is 5.76 Å². The predicted molar refractivity (Wildman–Crippen MR) is 130 cm³/mol. The lowest BCUT2D eigenvalue weighted by atomic mass is 9.94. The Morgan fingerprint density at radius 1 is 0.970 bits per heavy atom. The number of aliphatic hydroxyl groups is 1. The second-order valence-electron chi connectivity index (χ2n) is 8.18. The number of para-hydroxylation sites is 1. The molecule has 6 heteroatoms. The number of amides is 1. The Hall–Kier alpha value is -4.06. The predicted octanol–water partition coefficient (Wildman–Crippen LogP) is 4.70. The van der Waals surface area contributed by atoms with Crippen LogP contribution >= 0.6 is 0 Å². The minimum Gasteiger partial charge on any atom is -0.507 e. The molecule has 1 aliphatic rings. The molecule has 0 saturated carbocycles. The molecule has 0 aliphatic carbocycles. The van der Waals surface area contributed by atoms with Gasteiger partial charge in [0.25, 0.3) is 11.7 Å². The van der Waals surface area contributed by atoms with Crippen molar-refractivity contribution in [2.45, 2.75) is 13.0 Å². The fourth-order valence-corrected chi connectivity index (χ4v) is 4.14. The van der Waals surface area contributed by atoms with E-state index in [2.05, 4.69) is 0 Å². The molecule has 168 valence electrons. The molecule has 33 heavy (non-hydrogen) atoms. The smallest absolute Gasteiger partial charge is 0.300 e. The van der Waals surface area contributed by atoms with Crippen LogP contribution in [0.2, 0.25) is 0 Å². The van der Waals surface area contributed by atoms with Gasteiger partial charge in [-0.25, -0.2) is 0 Å². The van der Waals surface area contributed by atoms with Gasteiger partial charge in [-0.2, -0.15) is 0 Å². The third-order valence-corrected chi connectivity index (χ3v) is 5.87. The van der Waals surface area contributed by atoms with Crippen molar-refractivity contribution in [3.8, 4) is 5.75 Å². The number of aliphatic hydroxyl groups excluding tert-OH is 1. The number of methoxy groups -OCH3 is 1. The second kappa shape index (κ2) is 8.82. The molecule has 1 fully saturated rings. The first-order valence-electron chi connectivity index (χ1n) is 10.6. The molecule has 1 saturated heterocycles. The zero-order chi connectivity index (χ0) is 23.7. The van der Waals surface area contributed by atoms with Gasteiger partial charge >= 0.3 is 0 Å². The van der Waals surface area contributed by atoms with Gasteiger partial charge in [0.05, 0.1) is 18.7 Å². The van der Waals surface area contributed by atoms with Gasteiger partial charge in [-0.15, -0.1) is 0 Å². The van der Waals surface area contributed by atoms with Gasteiger partial charge in [0.2, 0.25) is 0 Å². The largest absolute Gasteiger partial charge is 0.507 e. The number of anilines is 2. The number of carbonyl (C=O) groups is 2. The SMILES string of the molecule is COc1ccc(/C(O)=C2/C(=O)C(=O)N(c3ccccc3)C2c2ccc(N(C)C)cc2)cc1C. The Bertz CT molecular complexity index is 1230. The lowest BCUT2D eigenvalue weighted by Crippen LogP contribution is -2.29. The van der Waals surface area contributed by atoms with Crippen LogP contribution in [0.1, 0.15) is 22.7 Å². The standard InChI is InChI=1S/C27H26N2O4/c1-17-16-19(12-15-22(17)33-4)25(30)23-24(18-10-13-20(14-11-18)28(2)3)29(27(32)26(23)31)21-8-6-5-7-9-21/h5-16,24,30H,1-4H3/b25-23-. The van der Waals surface area contributed by atoms with Gasteiger partial charge < -0.3 is 14.7 Å². The first kappa shape index (κ1) is 22.1. The van der Waals surface area contributed by atoms with Crippen molar-refractivity contribution < 1.29 is 19.4 Å². The van der Waals surface area contributed by atoms with Gasteiger partial charge in [0, 0.05) is 31.0 Å². The third kappa shape index (κ3) is 3.96. The monoisotopic (exact) mass is 442 g/mol. The molecule has 0 bridgehead atoms. The number of Topliss-reactive ketones (excluding diaryl/α,β-unsaturated/α-hetero) is 1. The van der Waals surface area contributed by atoms with Crippen LogP contribution in [-0.2, 0) is 9.59 Å². The summed E-state index contributed by atoms with van der Waals surface area (Å²) in [6, 6.07) is 21.1. The van der Waals surface area contributed by atoms with Gasteiger partial charge in [0.15, 0.2) is 0 Å². The molecule has 1 amide bonds. The Morgan fingerprint density at radius 2 is 1.64 bits per heavy atom. The minimum absolute atomic E-state index is 0.0611. The van der Waals surface area contributed by atoms with E-state index in [0.29, 0.717) is 17.0 Å². The average molecular weight is 443 g/mol. The van der Waals surface area contributed by atoms with E-state index in [1.165, 1.54) is 4.90 Å². The minimum atomic E-state index is -0.758. The molecule has 1 heterocycles. The molecule has 1 unspecified atom stereocenters. The van der Waals surface area contributed by atoms with E-state index in [4.69, 9.17) is 4.74 Å². The summed E-state index contributed by atoms with van der Waals surface area (Å²) in [6.45, 7) is 1.86. The van der Waals surface area contributed by atoms with E-state index in [-0.39, 0.29) is 11.3 Å². The number of benzene rings is 3. The lowest BCUT2D eigenvalue weighted by molar-refractivity contribution is -0.132. The second-order valence-corrected chi connectivity index (χ2v) is 8.18. The van der Waals surface area contributed by atoms with E-state index in [1.807, 2.05) is 68.4 Å². The van der Waals surface area contributed by atoms with Crippen LogP contribution in [0.4, 0.5) is 11.4 Å². The summed E-state index contributed by atoms with van der Waals surface area (Å²) in [5.74, 6) is -0.924. The van der Waals surface area contributed by atoms with Crippen molar-refractivity contribution in [3.63, 3.8) is 0 Å². The molecule has 3 aromatic rings. The molecule has 1 N–H and O–H groups in total. The fraction of sp³-hybridized carbons (Fsp3) is 0.185. The average Bonchev–Trinajstić information content (AvgIpc) is 3.09. The normalized spacial score (nSPS) is 17.3. The molecule has 3 aromatic carbocycles. The molecule has 4 rings (SSSR count). The number of hydrogen-bond acceptors (Lipinski definition) is 5. The molecule has 0 aromatic heterocycles. The van der Waals surface area contributed by atoms with Crippen LogP contribution in [0.5, 0.6) is 5.75 Å². The first-order valence-corrected chi connectivity index (χ1v) is 10.6. The maximum absolute atomic E-state index is 13.2. The molecular weight excluding hydrogens is 416 g/mol. The molecular formula is C27H26N2O4. The van der Waals surface area contributed by atoms with Crippen LogP contribution in [0.3, 0.4) is 0 Å². The number of rotatable bonds is 5. The molecule has 6 nitrogen and oxygen atoms in total. The number of nitrogens with zero attached hydrogens (tertiary/aromatic N) is 2. The van der Waals surface area contributed by atoms with Crippen LogP contribution in [0.15, 0.2) is 78.4 Å². The van der Waals surface area contributed by atoms with E-state index in [0.717, 1.165) is 16.8 Å². The zero-order valence-corrected chi connectivity index (χ0v) is 19.1. The quantitative estimate of drug-likeness (QED) is 0.353. The number of carbonyl (C=O) groups excluding carboxylic acids is 2. The Labute approximate surface area is 193 Å².